The molecule has 5 heteroatoms. The van der Waals surface area contributed by atoms with Crippen LogP contribution in [0.2, 0.25) is 5.15 Å². The highest BCUT2D eigenvalue weighted by Crippen LogP contribution is 2.23. The van der Waals surface area contributed by atoms with Gasteiger partial charge in [-0.25, -0.2) is 4.98 Å². The fourth-order valence-electron chi connectivity index (χ4n) is 2.20. The molecule has 1 N–H and O–H groups in total. The molecule has 2 rings (SSSR count). The maximum absolute atomic E-state index is 11.5. The average molecular weight is 306 g/mol. The van der Waals surface area contributed by atoms with Gasteiger partial charge in [-0.3, -0.25) is 4.79 Å². The van der Waals surface area contributed by atoms with Gasteiger partial charge in [-0.15, -0.1) is 0 Å². The van der Waals surface area contributed by atoms with Crippen LogP contribution in [0.1, 0.15) is 11.1 Å². The van der Waals surface area contributed by atoms with Crippen LogP contribution in [0.4, 0.5) is 0 Å². The van der Waals surface area contributed by atoms with Gasteiger partial charge in [0.1, 0.15) is 10.9 Å². The molecule has 2 aromatic rings. The highest BCUT2D eigenvalue weighted by atomic mass is 35.5. The first-order chi connectivity index (χ1) is 10.1. The van der Waals surface area contributed by atoms with Gasteiger partial charge in [-0.1, -0.05) is 35.9 Å². The number of ether oxygens (including phenoxy) is 1. The molecule has 0 aliphatic heterocycles. The SMILES string of the molecule is COc1ccccc1CC(Cc1ccc(Cl)nc1)C(=O)O. The van der Waals surface area contributed by atoms with Gasteiger partial charge in [-0.2, -0.15) is 0 Å². The predicted molar refractivity (Wildman–Crippen MR) is 80.8 cm³/mol. The van der Waals surface area contributed by atoms with Crippen molar-refractivity contribution in [2.45, 2.75) is 12.8 Å². The lowest BCUT2D eigenvalue weighted by Crippen LogP contribution is -2.19. The third kappa shape index (κ3) is 4.20. The van der Waals surface area contributed by atoms with Gasteiger partial charge in [-0.05, 0) is 36.1 Å². The summed E-state index contributed by atoms with van der Waals surface area (Å²) in [6.07, 6.45) is 2.42. The van der Waals surface area contributed by atoms with Crippen molar-refractivity contribution >= 4 is 17.6 Å². The zero-order valence-electron chi connectivity index (χ0n) is 11.6. The van der Waals surface area contributed by atoms with Crippen molar-refractivity contribution in [3.63, 3.8) is 0 Å². The summed E-state index contributed by atoms with van der Waals surface area (Å²) < 4.78 is 5.27. The number of para-hydroxylation sites is 1. The Hall–Kier alpha value is -2.07. The Morgan fingerprint density at radius 3 is 2.67 bits per heavy atom. The molecular weight excluding hydrogens is 290 g/mol. The van der Waals surface area contributed by atoms with Gasteiger partial charge in [0.05, 0.1) is 13.0 Å². The van der Waals surface area contributed by atoms with Gasteiger partial charge in [0.15, 0.2) is 0 Å². The van der Waals surface area contributed by atoms with Crippen LogP contribution in [-0.4, -0.2) is 23.2 Å². The van der Waals surface area contributed by atoms with E-state index in [4.69, 9.17) is 16.3 Å². The number of aromatic nitrogens is 1. The van der Waals surface area contributed by atoms with Crippen molar-refractivity contribution in [2.24, 2.45) is 5.92 Å². The van der Waals surface area contributed by atoms with Crippen LogP contribution < -0.4 is 4.74 Å². The smallest absolute Gasteiger partial charge is 0.307 e. The minimum absolute atomic E-state index is 0.398. The van der Waals surface area contributed by atoms with Crippen molar-refractivity contribution in [3.8, 4) is 5.75 Å². The molecular formula is C16H16ClNO3. The van der Waals surface area contributed by atoms with Crippen molar-refractivity contribution in [3.05, 3.63) is 58.9 Å². The van der Waals surface area contributed by atoms with Gasteiger partial charge in [0.2, 0.25) is 0 Å². The molecule has 1 aromatic carbocycles. The zero-order chi connectivity index (χ0) is 15.2. The van der Waals surface area contributed by atoms with Crippen LogP contribution in [-0.2, 0) is 17.6 Å². The van der Waals surface area contributed by atoms with E-state index in [2.05, 4.69) is 4.98 Å². The van der Waals surface area contributed by atoms with Gasteiger partial charge < -0.3 is 9.84 Å². The number of carboxylic acid groups (broad SMARTS) is 1. The first-order valence-electron chi connectivity index (χ1n) is 6.55. The van der Waals surface area contributed by atoms with E-state index in [0.29, 0.717) is 23.7 Å². The minimum Gasteiger partial charge on any atom is -0.496 e. The van der Waals surface area contributed by atoms with Crippen LogP contribution in [0.25, 0.3) is 0 Å². The van der Waals surface area contributed by atoms with Crippen LogP contribution >= 0.6 is 11.6 Å². The van der Waals surface area contributed by atoms with Crippen molar-refractivity contribution in [1.82, 2.24) is 4.98 Å². The van der Waals surface area contributed by atoms with E-state index < -0.39 is 11.9 Å². The quantitative estimate of drug-likeness (QED) is 0.832. The number of methoxy groups -OCH3 is 1. The van der Waals surface area contributed by atoms with Crippen molar-refractivity contribution in [2.75, 3.05) is 7.11 Å². The lowest BCUT2D eigenvalue weighted by atomic mass is 9.93. The van der Waals surface area contributed by atoms with Crippen molar-refractivity contribution < 1.29 is 14.6 Å². The number of nitrogens with zero attached hydrogens (tertiary/aromatic N) is 1. The Kier molecular flexibility index (Phi) is 5.17. The van der Waals surface area contributed by atoms with E-state index in [1.54, 1.807) is 25.4 Å². The topological polar surface area (TPSA) is 59.4 Å². The summed E-state index contributed by atoms with van der Waals surface area (Å²) in [7, 11) is 1.58. The first kappa shape index (κ1) is 15.3. The molecule has 0 saturated carbocycles. The number of rotatable bonds is 6. The molecule has 4 nitrogen and oxygen atoms in total. The summed E-state index contributed by atoms with van der Waals surface area (Å²) >= 11 is 5.74. The second-order valence-electron chi connectivity index (χ2n) is 4.74. The van der Waals surface area contributed by atoms with Gasteiger partial charge in [0, 0.05) is 6.20 Å². The van der Waals surface area contributed by atoms with Crippen LogP contribution in [0.15, 0.2) is 42.6 Å². The number of hydrogen-bond acceptors (Lipinski definition) is 3. The van der Waals surface area contributed by atoms with E-state index in [9.17, 15) is 9.90 Å². The molecule has 1 atom stereocenters. The summed E-state index contributed by atoms with van der Waals surface area (Å²) in [5.41, 5.74) is 1.73. The monoisotopic (exact) mass is 305 g/mol. The number of carbonyl (C=O) groups is 1. The number of hydrogen-bond donors (Lipinski definition) is 1. The molecule has 1 aromatic heterocycles. The van der Waals surface area contributed by atoms with Gasteiger partial charge >= 0.3 is 5.97 Å². The minimum atomic E-state index is -0.837. The summed E-state index contributed by atoms with van der Waals surface area (Å²) in [6.45, 7) is 0. The Labute approximate surface area is 128 Å². The summed E-state index contributed by atoms with van der Waals surface area (Å²) in [5.74, 6) is -0.668. The largest absolute Gasteiger partial charge is 0.496 e. The van der Waals surface area contributed by atoms with E-state index in [1.165, 1.54) is 0 Å². The summed E-state index contributed by atoms with van der Waals surface area (Å²) in [4.78, 5) is 15.5. The molecule has 1 heterocycles. The second-order valence-corrected chi connectivity index (χ2v) is 5.13. The fraction of sp³-hybridized carbons (Fsp3) is 0.250. The molecule has 0 radical (unpaired) electrons. The molecule has 110 valence electrons. The molecule has 0 aliphatic rings. The van der Waals surface area contributed by atoms with E-state index >= 15 is 0 Å². The summed E-state index contributed by atoms with van der Waals surface area (Å²) in [5, 5.41) is 9.83. The Bertz CT molecular complexity index is 613. The molecule has 1 unspecified atom stereocenters. The molecule has 0 bridgehead atoms. The van der Waals surface area contributed by atoms with E-state index in [0.717, 1.165) is 11.1 Å². The maximum Gasteiger partial charge on any atom is 0.307 e. The lowest BCUT2D eigenvalue weighted by molar-refractivity contribution is -0.141. The van der Waals surface area contributed by atoms with Crippen LogP contribution in [0, 0.1) is 5.92 Å². The molecule has 0 spiro atoms. The fourth-order valence-corrected chi connectivity index (χ4v) is 2.31. The summed E-state index contributed by atoms with van der Waals surface area (Å²) in [6, 6.07) is 10.9. The number of carboxylic acids is 1. The lowest BCUT2D eigenvalue weighted by Gasteiger charge is -2.14. The van der Waals surface area contributed by atoms with Crippen molar-refractivity contribution in [1.29, 1.82) is 0 Å². The number of benzene rings is 1. The molecule has 0 fully saturated rings. The molecule has 0 amide bonds. The first-order valence-corrected chi connectivity index (χ1v) is 6.93. The molecule has 0 aliphatic carbocycles. The standard InChI is InChI=1S/C16H16ClNO3/c1-21-14-5-3-2-4-12(14)9-13(16(19)20)8-11-6-7-15(17)18-10-11/h2-7,10,13H,8-9H2,1H3,(H,19,20). The number of pyridine rings is 1. The molecule has 21 heavy (non-hydrogen) atoms. The Morgan fingerprint density at radius 2 is 2.05 bits per heavy atom. The molecule has 0 saturated heterocycles. The van der Waals surface area contributed by atoms with Gasteiger partial charge in [0.25, 0.3) is 0 Å². The maximum atomic E-state index is 11.5. The highest BCUT2D eigenvalue weighted by Gasteiger charge is 2.20. The zero-order valence-corrected chi connectivity index (χ0v) is 12.4. The third-order valence-electron chi connectivity index (χ3n) is 3.28. The Balaban J connectivity index is 2.16. The van der Waals surface area contributed by atoms with Crippen LogP contribution in [0.3, 0.4) is 0 Å². The Morgan fingerprint density at radius 1 is 1.29 bits per heavy atom. The number of aliphatic carboxylic acids is 1. The average Bonchev–Trinajstić information content (AvgIpc) is 2.49. The highest BCUT2D eigenvalue weighted by molar-refractivity contribution is 6.29. The number of halogens is 1. The normalized spacial score (nSPS) is 11.9. The van der Waals surface area contributed by atoms with E-state index in [1.807, 2.05) is 24.3 Å². The third-order valence-corrected chi connectivity index (χ3v) is 3.50. The van der Waals surface area contributed by atoms with Crippen LogP contribution in [0.5, 0.6) is 5.75 Å². The predicted octanol–water partition coefficient (Wildman–Crippen LogP) is 3.23. The second kappa shape index (κ2) is 7.09. The van der Waals surface area contributed by atoms with E-state index in [-0.39, 0.29) is 0 Å².